The predicted octanol–water partition coefficient (Wildman–Crippen LogP) is 2.86. The fourth-order valence-electron chi connectivity index (χ4n) is 3.40. The van der Waals surface area contributed by atoms with Gasteiger partial charge in [0.1, 0.15) is 0 Å². The van der Waals surface area contributed by atoms with Gasteiger partial charge < -0.3 is 5.32 Å². The Morgan fingerprint density at radius 2 is 2.19 bits per heavy atom. The summed E-state index contributed by atoms with van der Waals surface area (Å²) in [4.78, 5) is 2.67. The zero-order valence-corrected chi connectivity index (χ0v) is 13.3. The molecule has 0 spiro atoms. The van der Waals surface area contributed by atoms with Crippen molar-refractivity contribution in [1.29, 1.82) is 0 Å². The van der Waals surface area contributed by atoms with E-state index in [9.17, 15) is 0 Å². The first-order chi connectivity index (χ1) is 10.2. The SMILES string of the molecule is CC[C@H]1CN(C(C)c2ccn3nccc3c2)[C@H](CC)CN1. The first-order valence-electron chi connectivity index (χ1n) is 8.15. The molecule has 3 atom stereocenters. The lowest BCUT2D eigenvalue weighted by Crippen LogP contribution is -2.56. The highest BCUT2D eigenvalue weighted by molar-refractivity contribution is 5.48. The molecule has 1 N–H and O–H groups in total. The second-order valence-corrected chi connectivity index (χ2v) is 6.11. The van der Waals surface area contributed by atoms with E-state index in [-0.39, 0.29) is 0 Å². The van der Waals surface area contributed by atoms with Crippen LogP contribution in [0, 0.1) is 0 Å². The molecule has 4 nitrogen and oxygen atoms in total. The zero-order chi connectivity index (χ0) is 14.8. The van der Waals surface area contributed by atoms with Crippen molar-refractivity contribution in [2.45, 2.75) is 51.7 Å². The van der Waals surface area contributed by atoms with Crippen LogP contribution >= 0.6 is 0 Å². The summed E-state index contributed by atoms with van der Waals surface area (Å²) in [5.74, 6) is 0. The minimum atomic E-state index is 0.450. The maximum Gasteiger partial charge on any atom is 0.0664 e. The number of fused-ring (bicyclic) bond motifs is 1. The summed E-state index contributed by atoms with van der Waals surface area (Å²) < 4.78 is 1.93. The Hall–Kier alpha value is -1.39. The molecular formula is C17H26N4. The van der Waals surface area contributed by atoms with E-state index in [4.69, 9.17) is 0 Å². The summed E-state index contributed by atoms with van der Waals surface area (Å²) in [6, 6.07) is 8.25. The van der Waals surface area contributed by atoms with Crippen molar-refractivity contribution in [2.24, 2.45) is 0 Å². The first-order valence-corrected chi connectivity index (χ1v) is 8.15. The first kappa shape index (κ1) is 14.5. The van der Waals surface area contributed by atoms with Gasteiger partial charge in [0.15, 0.2) is 0 Å². The normalized spacial score (nSPS) is 25.3. The van der Waals surface area contributed by atoms with Crippen LogP contribution in [0.5, 0.6) is 0 Å². The van der Waals surface area contributed by atoms with E-state index in [0.717, 1.165) is 13.1 Å². The van der Waals surface area contributed by atoms with Gasteiger partial charge in [-0.05, 0) is 43.5 Å². The average Bonchev–Trinajstić information content (AvgIpc) is 3.01. The Labute approximate surface area is 127 Å². The molecule has 1 fully saturated rings. The van der Waals surface area contributed by atoms with Gasteiger partial charge in [-0.25, -0.2) is 4.52 Å². The molecule has 1 aliphatic rings. The van der Waals surface area contributed by atoms with Crippen LogP contribution in [-0.2, 0) is 0 Å². The van der Waals surface area contributed by atoms with E-state index < -0.39 is 0 Å². The van der Waals surface area contributed by atoms with E-state index >= 15 is 0 Å². The lowest BCUT2D eigenvalue weighted by Gasteiger charge is -2.43. The maximum absolute atomic E-state index is 4.28. The van der Waals surface area contributed by atoms with Crippen LogP contribution in [0.3, 0.4) is 0 Å². The van der Waals surface area contributed by atoms with E-state index in [2.05, 4.69) is 60.5 Å². The number of hydrogen-bond acceptors (Lipinski definition) is 3. The minimum Gasteiger partial charge on any atom is -0.311 e. The Morgan fingerprint density at radius 3 is 2.95 bits per heavy atom. The van der Waals surface area contributed by atoms with E-state index in [1.807, 2.05) is 10.7 Å². The molecule has 2 aromatic heterocycles. The second-order valence-electron chi connectivity index (χ2n) is 6.11. The van der Waals surface area contributed by atoms with Gasteiger partial charge in [-0.3, -0.25) is 4.90 Å². The van der Waals surface area contributed by atoms with Gasteiger partial charge >= 0.3 is 0 Å². The Kier molecular flexibility index (Phi) is 4.27. The fourth-order valence-corrected chi connectivity index (χ4v) is 3.40. The van der Waals surface area contributed by atoms with E-state index in [1.54, 1.807) is 0 Å². The number of pyridine rings is 1. The van der Waals surface area contributed by atoms with Crippen molar-refractivity contribution < 1.29 is 0 Å². The molecule has 1 aliphatic heterocycles. The Balaban J connectivity index is 1.85. The summed E-state index contributed by atoms with van der Waals surface area (Å²) in [7, 11) is 0. The van der Waals surface area contributed by atoms with Crippen LogP contribution in [0.15, 0.2) is 30.6 Å². The third kappa shape index (κ3) is 2.83. The lowest BCUT2D eigenvalue weighted by molar-refractivity contribution is 0.0850. The van der Waals surface area contributed by atoms with Gasteiger partial charge in [0.2, 0.25) is 0 Å². The molecule has 0 radical (unpaired) electrons. The number of rotatable bonds is 4. The van der Waals surface area contributed by atoms with Crippen molar-refractivity contribution >= 4 is 5.52 Å². The van der Waals surface area contributed by atoms with Crippen LogP contribution < -0.4 is 5.32 Å². The standard InChI is InChI=1S/C17H26N4/c1-4-15-12-20(16(5-2)11-18-15)13(3)14-7-9-21-17(10-14)6-8-19-21/h6-10,13,15-16,18H,4-5,11-12H2,1-3H3/t13?,15-,16+/m0/s1. The van der Waals surface area contributed by atoms with Gasteiger partial charge in [-0.2, -0.15) is 5.10 Å². The Morgan fingerprint density at radius 1 is 1.33 bits per heavy atom. The topological polar surface area (TPSA) is 32.6 Å². The van der Waals surface area contributed by atoms with Gasteiger partial charge in [-0.1, -0.05) is 13.8 Å². The molecule has 21 heavy (non-hydrogen) atoms. The molecule has 3 heterocycles. The van der Waals surface area contributed by atoms with Crippen molar-refractivity contribution in [2.75, 3.05) is 13.1 Å². The number of nitrogens with zero attached hydrogens (tertiary/aromatic N) is 3. The predicted molar refractivity (Wildman–Crippen MR) is 86.5 cm³/mol. The van der Waals surface area contributed by atoms with Crippen molar-refractivity contribution in [3.05, 3.63) is 36.2 Å². The van der Waals surface area contributed by atoms with Gasteiger partial charge in [0.25, 0.3) is 0 Å². The number of hydrogen-bond donors (Lipinski definition) is 1. The largest absolute Gasteiger partial charge is 0.311 e. The number of nitrogens with one attached hydrogen (secondary N) is 1. The smallest absolute Gasteiger partial charge is 0.0664 e. The third-order valence-electron chi connectivity index (χ3n) is 4.91. The van der Waals surface area contributed by atoms with Crippen LogP contribution in [0.2, 0.25) is 0 Å². The molecule has 4 heteroatoms. The molecule has 2 aromatic rings. The molecule has 0 saturated carbocycles. The van der Waals surface area contributed by atoms with Crippen molar-refractivity contribution in [1.82, 2.24) is 19.8 Å². The van der Waals surface area contributed by atoms with Gasteiger partial charge in [-0.15, -0.1) is 0 Å². The number of piperazine rings is 1. The summed E-state index contributed by atoms with van der Waals surface area (Å²) in [6.45, 7) is 9.14. The quantitative estimate of drug-likeness (QED) is 0.938. The highest BCUT2D eigenvalue weighted by Crippen LogP contribution is 2.27. The molecule has 0 aromatic carbocycles. The average molecular weight is 286 g/mol. The summed E-state index contributed by atoms with van der Waals surface area (Å²) in [6.07, 6.45) is 6.32. The molecule has 3 rings (SSSR count). The molecule has 1 unspecified atom stereocenters. The highest BCUT2D eigenvalue weighted by atomic mass is 15.3. The lowest BCUT2D eigenvalue weighted by atomic mass is 9.99. The molecule has 1 saturated heterocycles. The molecule has 0 bridgehead atoms. The van der Waals surface area contributed by atoms with Crippen LogP contribution in [-0.4, -0.2) is 39.7 Å². The van der Waals surface area contributed by atoms with Crippen LogP contribution in [0.4, 0.5) is 0 Å². The van der Waals surface area contributed by atoms with E-state index in [0.29, 0.717) is 18.1 Å². The maximum atomic E-state index is 4.28. The molecular weight excluding hydrogens is 260 g/mol. The zero-order valence-electron chi connectivity index (χ0n) is 13.3. The van der Waals surface area contributed by atoms with Crippen LogP contribution in [0.1, 0.15) is 45.2 Å². The molecule has 0 aliphatic carbocycles. The van der Waals surface area contributed by atoms with Gasteiger partial charge in [0.05, 0.1) is 5.52 Å². The van der Waals surface area contributed by atoms with Crippen molar-refractivity contribution in [3.63, 3.8) is 0 Å². The fraction of sp³-hybridized carbons (Fsp3) is 0.588. The van der Waals surface area contributed by atoms with Crippen LogP contribution in [0.25, 0.3) is 5.52 Å². The molecule has 0 amide bonds. The highest BCUT2D eigenvalue weighted by Gasteiger charge is 2.29. The summed E-state index contributed by atoms with van der Waals surface area (Å²) in [5, 5.41) is 7.96. The third-order valence-corrected chi connectivity index (χ3v) is 4.91. The second kappa shape index (κ2) is 6.16. The van der Waals surface area contributed by atoms with E-state index in [1.165, 1.54) is 23.9 Å². The Bertz CT molecular complexity index is 591. The molecule has 114 valence electrons. The summed E-state index contributed by atoms with van der Waals surface area (Å²) in [5.41, 5.74) is 2.56. The summed E-state index contributed by atoms with van der Waals surface area (Å²) >= 11 is 0. The number of aromatic nitrogens is 2. The monoisotopic (exact) mass is 286 g/mol. The van der Waals surface area contributed by atoms with Crippen molar-refractivity contribution in [3.8, 4) is 0 Å². The van der Waals surface area contributed by atoms with Gasteiger partial charge in [0, 0.05) is 43.6 Å². The minimum absolute atomic E-state index is 0.450.